The Bertz CT molecular complexity index is 561. The van der Waals surface area contributed by atoms with Crippen molar-refractivity contribution in [1.82, 2.24) is 5.32 Å². The van der Waals surface area contributed by atoms with Gasteiger partial charge in [-0.25, -0.2) is 0 Å². The van der Waals surface area contributed by atoms with Crippen LogP contribution in [0.2, 0.25) is 0 Å². The quantitative estimate of drug-likeness (QED) is 0.537. The molecule has 0 spiro atoms. The molecule has 114 valence electrons. The van der Waals surface area contributed by atoms with Crippen molar-refractivity contribution in [3.05, 3.63) is 22.2 Å². The zero-order chi connectivity index (χ0) is 15.4. The van der Waals surface area contributed by atoms with E-state index in [1.54, 1.807) is 0 Å². The molecule has 1 amide bonds. The zero-order valence-corrected chi connectivity index (χ0v) is 11.9. The zero-order valence-electron chi connectivity index (χ0n) is 11.9. The van der Waals surface area contributed by atoms with Crippen molar-refractivity contribution >= 4 is 23.0 Å². The van der Waals surface area contributed by atoms with E-state index >= 15 is 0 Å². The summed E-state index contributed by atoms with van der Waals surface area (Å²) in [7, 11) is 1.85. The van der Waals surface area contributed by atoms with Crippen molar-refractivity contribution < 1.29 is 14.5 Å². The molecule has 8 nitrogen and oxygen atoms in total. The predicted molar refractivity (Wildman–Crippen MR) is 78.8 cm³/mol. The van der Waals surface area contributed by atoms with Crippen LogP contribution < -0.4 is 20.7 Å². The molecule has 0 saturated heterocycles. The fourth-order valence-corrected chi connectivity index (χ4v) is 2.11. The lowest BCUT2D eigenvalue weighted by molar-refractivity contribution is -0.384. The van der Waals surface area contributed by atoms with Gasteiger partial charge in [-0.1, -0.05) is 6.92 Å². The Morgan fingerprint density at radius 2 is 2.24 bits per heavy atom. The lowest BCUT2D eigenvalue weighted by Gasteiger charge is -2.20. The molecule has 0 aliphatic carbocycles. The smallest absolute Gasteiger partial charge is 0.296 e. The third kappa shape index (κ3) is 3.60. The van der Waals surface area contributed by atoms with Gasteiger partial charge in [-0.15, -0.1) is 0 Å². The van der Waals surface area contributed by atoms with Crippen LogP contribution in [0.3, 0.4) is 0 Å². The van der Waals surface area contributed by atoms with Crippen LogP contribution in [0.25, 0.3) is 0 Å². The minimum Gasteiger partial charge on any atom is -0.481 e. The molecule has 3 N–H and O–H groups in total. The van der Waals surface area contributed by atoms with Gasteiger partial charge >= 0.3 is 0 Å². The molecular formula is C13H18N4O4. The third-order valence-electron chi connectivity index (χ3n) is 3.12. The summed E-state index contributed by atoms with van der Waals surface area (Å²) in [6.07, 6.45) is 0. The van der Waals surface area contributed by atoms with Gasteiger partial charge < -0.3 is 20.7 Å². The van der Waals surface area contributed by atoms with Gasteiger partial charge in [0.1, 0.15) is 5.69 Å². The molecule has 1 atom stereocenters. The highest BCUT2D eigenvalue weighted by atomic mass is 16.6. The first-order valence-electron chi connectivity index (χ1n) is 6.64. The fourth-order valence-electron chi connectivity index (χ4n) is 2.11. The van der Waals surface area contributed by atoms with Gasteiger partial charge in [0.2, 0.25) is 0 Å². The molecule has 0 bridgehead atoms. The first kappa shape index (κ1) is 15.0. The molecular weight excluding hydrogens is 276 g/mol. The maximum atomic E-state index is 11.3. The van der Waals surface area contributed by atoms with Crippen LogP contribution in [0.4, 0.5) is 17.1 Å². The molecule has 1 unspecified atom stereocenters. The SMILES string of the molecule is CNCC(C)CNc1cc2c(cc1[N+](=O)[O-])OCC(=O)N2. The fraction of sp³-hybridized carbons (Fsp3) is 0.462. The highest BCUT2D eigenvalue weighted by molar-refractivity contribution is 5.96. The number of nitrogens with one attached hydrogen (secondary N) is 3. The minimum absolute atomic E-state index is 0.0680. The highest BCUT2D eigenvalue weighted by Gasteiger charge is 2.23. The number of nitro groups is 1. The Morgan fingerprint density at radius 1 is 1.48 bits per heavy atom. The van der Waals surface area contributed by atoms with E-state index in [1.807, 2.05) is 14.0 Å². The van der Waals surface area contributed by atoms with Crippen LogP contribution in [-0.4, -0.2) is 37.6 Å². The number of hydrogen-bond donors (Lipinski definition) is 3. The average Bonchev–Trinajstić information content (AvgIpc) is 2.44. The number of benzene rings is 1. The van der Waals surface area contributed by atoms with E-state index in [2.05, 4.69) is 16.0 Å². The molecule has 0 aromatic heterocycles. The Hall–Kier alpha value is -2.35. The molecule has 21 heavy (non-hydrogen) atoms. The lowest BCUT2D eigenvalue weighted by atomic mass is 10.1. The minimum atomic E-state index is -0.467. The number of rotatable bonds is 6. The lowest BCUT2D eigenvalue weighted by Crippen LogP contribution is -2.26. The second-order valence-corrected chi connectivity index (χ2v) is 5.00. The van der Waals surface area contributed by atoms with Crippen LogP contribution in [0.15, 0.2) is 12.1 Å². The molecule has 0 saturated carbocycles. The largest absolute Gasteiger partial charge is 0.481 e. The molecule has 0 radical (unpaired) electrons. The number of fused-ring (bicyclic) bond motifs is 1. The number of amides is 1. The molecule has 1 aromatic rings. The van der Waals surface area contributed by atoms with Gasteiger partial charge in [0.15, 0.2) is 12.4 Å². The molecule has 1 aliphatic rings. The van der Waals surface area contributed by atoms with Crippen LogP contribution in [-0.2, 0) is 4.79 Å². The highest BCUT2D eigenvalue weighted by Crippen LogP contribution is 2.37. The molecule has 8 heteroatoms. The topological polar surface area (TPSA) is 106 Å². The molecule has 1 aliphatic heterocycles. The van der Waals surface area contributed by atoms with Crippen molar-refractivity contribution in [1.29, 1.82) is 0 Å². The summed E-state index contributed by atoms with van der Waals surface area (Å²) < 4.78 is 5.19. The summed E-state index contributed by atoms with van der Waals surface area (Å²) in [6.45, 7) is 3.27. The van der Waals surface area contributed by atoms with Gasteiger partial charge in [0.25, 0.3) is 11.6 Å². The van der Waals surface area contributed by atoms with E-state index in [9.17, 15) is 14.9 Å². The molecule has 0 fully saturated rings. The van der Waals surface area contributed by atoms with E-state index in [-0.39, 0.29) is 18.2 Å². The number of anilines is 2. The molecule has 2 rings (SSSR count). The summed E-state index contributed by atoms with van der Waals surface area (Å²) in [5, 5.41) is 19.9. The van der Waals surface area contributed by atoms with E-state index < -0.39 is 4.92 Å². The van der Waals surface area contributed by atoms with Gasteiger partial charge in [-0.05, 0) is 25.6 Å². The number of nitro benzene ring substituents is 1. The van der Waals surface area contributed by atoms with Gasteiger partial charge in [0.05, 0.1) is 16.7 Å². The van der Waals surface area contributed by atoms with E-state index in [0.717, 1.165) is 6.54 Å². The molecule has 1 heterocycles. The van der Waals surface area contributed by atoms with Crippen LogP contribution >= 0.6 is 0 Å². The third-order valence-corrected chi connectivity index (χ3v) is 3.12. The van der Waals surface area contributed by atoms with Crippen LogP contribution in [0, 0.1) is 16.0 Å². The van der Waals surface area contributed by atoms with Crippen molar-refractivity contribution in [2.75, 3.05) is 37.4 Å². The van der Waals surface area contributed by atoms with Gasteiger partial charge in [-0.3, -0.25) is 14.9 Å². The first-order valence-corrected chi connectivity index (χ1v) is 6.64. The predicted octanol–water partition coefficient (Wildman–Crippen LogP) is 1.19. The van der Waals surface area contributed by atoms with Crippen LogP contribution in [0.1, 0.15) is 6.92 Å². The maximum Gasteiger partial charge on any atom is 0.296 e. The standard InChI is InChI=1S/C13H18N4O4/c1-8(5-14-2)6-15-9-3-10-12(4-11(9)17(19)20)21-7-13(18)16-10/h3-4,8,14-15H,5-7H2,1-2H3,(H,16,18). The summed E-state index contributed by atoms with van der Waals surface area (Å²) >= 11 is 0. The van der Waals surface area contributed by atoms with E-state index in [4.69, 9.17) is 4.74 Å². The summed E-state index contributed by atoms with van der Waals surface area (Å²) in [5.74, 6) is 0.345. The van der Waals surface area contributed by atoms with Gasteiger partial charge in [0, 0.05) is 6.54 Å². The molecule has 1 aromatic carbocycles. The Labute approximate surface area is 122 Å². The normalized spacial score (nSPS) is 14.7. The number of carbonyl (C=O) groups is 1. The second kappa shape index (κ2) is 6.40. The Kier molecular flexibility index (Phi) is 4.59. The monoisotopic (exact) mass is 294 g/mol. The van der Waals surface area contributed by atoms with Crippen molar-refractivity contribution in [3.63, 3.8) is 0 Å². The summed E-state index contributed by atoms with van der Waals surface area (Å²) in [6, 6.07) is 2.87. The Balaban J connectivity index is 2.23. The number of hydrogen-bond acceptors (Lipinski definition) is 6. The van der Waals surface area contributed by atoms with Crippen molar-refractivity contribution in [3.8, 4) is 5.75 Å². The Morgan fingerprint density at radius 3 is 2.90 bits per heavy atom. The van der Waals surface area contributed by atoms with E-state index in [1.165, 1.54) is 12.1 Å². The number of carbonyl (C=O) groups excluding carboxylic acids is 1. The number of ether oxygens (including phenoxy) is 1. The maximum absolute atomic E-state index is 11.3. The van der Waals surface area contributed by atoms with Crippen molar-refractivity contribution in [2.24, 2.45) is 5.92 Å². The summed E-state index contributed by atoms with van der Waals surface area (Å²) in [4.78, 5) is 22.0. The second-order valence-electron chi connectivity index (χ2n) is 5.00. The number of nitrogens with zero attached hydrogens (tertiary/aromatic N) is 1. The van der Waals surface area contributed by atoms with Crippen LogP contribution in [0.5, 0.6) is 5.75 Å². The van der Waals surface area contributed by atoms with Gasteiger partial charge in [-0.2, -0.15) is 0 Å². The summed E-state index contributed by atoms with van der Waals surface area (Å²) in [5.41, 5.74) is 0.745. The van der Waals surface area contributed by atoms with Crippen molar-refractivity contribution in [2.45, 2.75) is 6.92 Å². The first-order chi connectivity index (χ1) is 10.0. The average molecular weight is 294 g/mol. The van der Waals surface area contributed by atoms with E-state index in [0.29, 0.717) is 29.6 Å².